The van der Waals surface area contributed by atoms with Gasteiger partial charge < -0.3 is 10.2 Å². The summed E-state index contributed by atoms with van der Waals surface area (Å²) in [5.41, 5.74) is 0. The average Bonchev–Trinajstić information content (AvgIpc) is 2.36. The van der Waals surface area contributed by atoms with Gasteiger partial charge in [-0.2, -0.15) is 0 Å². The number of hydrogen-bond donors (Lipinski definition) is 1. The van der Waals surface area contributed by atoms with E-state index in [2.05, 4.69) is 58.9 Å². The number of hydrogen-bond acceptors (Lipinski definition) is 2. The summed E-state index contributed by atoms with van der Waals surface area (Å²) in [6.45, 7) is 12.8. The van der Waals surface area contributed by atoms with Crippen LogP contribution in [0.5, 0.6) is 0 Å². The van der Waals surface area contributed by atoms with Crippen molar-refractivity contribution in [3.63, 3.8) is 0 Å². The van der Waals surface area contributed by atoms with Gasteiger partial charge in [-0.1, -0.05) is 53.4 Å². The van der Waals surface area contributed by atoms with Crippen molar-refractivity contribution in [2.24, 2.45) is 11.8 Å². The molecule has 2 nitrogen and oxygen atoms in total. The van der Waals surface area contributed by atoms with Crippen LogP contribution in [0.2, 0.25) is 0 Å². The van der Waals surface area contributed by atoms with Crippen molar-refractivity contribution in [3.05, 3.63) is 0 Å². The maximum Gasteiger partial charge on any atom is 0.0192 e. The summed E-state index contributed by atoms with van der Waals surface area (Å²) < 4.78 is 0. The molecule has 2 heteroatoms. The van der Waals surface area contributed by atoms with E-state index in [1.54, 1.807) is 0 Å². The van der Waals surface area contributed by atoms with Gasteiger partial charge in [0.05, 0.1) is 0 Å². The molecule has 0 saturated carbocycles. The number of likely N-dealkylation sites (N-methyl/N-ethyl adjacent to an activating group) is 2. The van der Waals surface area contributed by atoms with Crippen LogP contribution in [0.25, 0.3) is 0 Å². The van der Waals surface area contributed by atoms with E-state index in [0.29, 0.717) is 12.1 Å². The molecule has 0 aromatic carbocycles. The predicted molar refractivity (Wildman–Crippen MR) is 92.3 cm³/mol. The zero-order chi connectivity index (χ0) is 15.5. The third kappa shape index (κ3) is 10.7. The van der Waals surface area contributed by atoms with Gasteiger partial charge in [0.1, 0.15) is 0 Å². The van der Waals surface area contributed by atoms with Crippen molar-refractivity contribution in [1.29, 1.82) is 0 Å². The van der Waals surface area contributed by atoms with Gasteiger partial charge in [0.25, 0.3) is 0 Å². The van der Waals surface area contributed by atoms with Gasteiger partial charge in [0.15, 0.2) is 0 Å². The normalized spacial score (nSPS) is 15.3. The number of nitrogens with one attached hydrogen (secondary N) is 1. The van der Waals surface area contributed by atoms with E-state index in [1.165, 1.54) is 45.1 Å². The van der Waals surface area contributed by atoms with Crippen LogP contribution in [-0.2, 0) is 0 Å². The molecule has 0 bridgehead atoms. The third-order valence-corrected chi connectivity index (χ3v) is 4.41. The molecule has 0 amide bonds. The highest BCUT2D eigenvalue weighted by atomic mass is 15.1. The van der Waals surface area contributed by atoms with Crippen molar-refractivity contribution in [1.82, 2.24) is 10.2 Å². The van der Waals surface area contributed by atoms with E-state index >= 15 is 0 Å². The van der Waals surface area contributed by atoms with Crippen LogP contribution >= 0.6 is 0 Å². The fourth-order valence-electron chi connectivity index (χ4n) is 2.67. The van der Waals surface area contributed by atoms with E-state index in [1.807, 2.05) is 0 Å². The van der Waals surface area contributed by atoms with Crippen molar-refractivity contribution >= 4 is 0 Å². The molecule has 0 aliphatic rings. The van der Waals surface area contributed by atoms with E-state index in [4.69, 9.17) is 0 Å². The van der Waals surface area contributed by atoms with Crippen molar-refractivity contribution in [2.45, 2.75) is 85.2 Å². The highest BCUT2D eigenvalue weighted by molar-refractivity contribution is 4.73. The Kier molecular flexibility index (Phi) is 11.5. The first-order valence-electron chi connectivity index (χ1n) is 8.74. The predicted octanol–water partition coefficient (Wildman–Crippen LogP) is 4.55. The van der Waals surface area contributed by atoms with Gasteiger partial charge in [-0.05, 0) is 45.7 Å². The Morgan fingerprint density at radius 1 is 0.800 bits per heavy atom. The van der Waals surface area contributed by atoms with Crippen LogP contribution in [0.3, 0.4) is 0 Å². The van der Waals surface area contributed by atoms with E-state index < -0.39 is 0 Å². The Balaban J connectivity index is 3.90. The smallest absolute Gasteiger partial charge is 0.0192 e. The Hall–Kier alpha value is -0.0800. The van der Waals surface area contributed by atoms with Crippen LogP contribution < -0.4 is 5.32 Å². The molecule has 0 radical (unpaired) electrons. The van der Waals surface area contributed by atoms with Crippen molar-refractivity contribution in [3.8, 4) is 0 Å². The average molecular weight is 285 g/mol. The van der Waals surface area contributed by atoms with E-state index in [9.17, 15) is 0 Å². The highest BCUT2D eigenvalue weighted by Gasteiger charge is 2.14. The molecular weight excluding hydrogens is 244 g/mol. The molecule has 0 unspecified atom stereocenters. The Morgan fingerprint density at radius 3 is 1.75 bits per heavy atom. The minimum Gasteiger partial charge on any atom is -0.316 e. The monoisotopic (exact) mass is 284 g/mol. The molecule has 20 heavy (non-hydrogen) atoms. The molecule has 0 aliphatic carbocycles. The van der Waals surface area contributed by atoms with Crippen LogP contribution in [0.15, 0.2) is 0 Å². The molecule has 0 rings (SSSR count). The zero-order valence-electron chi connectivity index (χ0n) is 15.2. The van der Waals surface area contributed by atoms with Gasteiger partial charge in [-0.3, -0.25) is 0 Å². The second kappa shape index (κ2) is 11.6. The van der Waals surface area contributed by atoms with Gasteiger partial charge in [-0.15, -0.1) is 0 Å². The zero-order valence-corrected chi connectivity index (χ0v) is 15.2. The largest absolute Gasteiger partial charge is 0.316 e. The first-order chi connectivity index (χ1) is 9.36. The molecule has 0 aromatic rings. The molecule has 122 valence electrons. The van der Waals surface area contributed by atoms with Gasteiger partial charge in [0.2, 0.25) is 0 Å². The molecule has 0 aliphatic heterocycles. The maximum absolute atomic E-state index is 3.49. The molecule has 0 aromatic heterocycles. The highest BCUT2D eigenvalue weighted by Crippen LogP contribution is 2.13. The van der Waals surface area contributed by atoms with Crippen molar-refractivity contribution < 1.29 is 0 Å². The van der Waals surface area contributed by atoms with Crippen LogP contribution in [0.1, 0.15) is 73.1 Å². The summed E-state index contributed by atoms with van der Waals surface area (Å²) >= 11 is 0. The van der Waals surface area contributed by atoms with Crippen LogP contribution in [0.4, 0.5) is 0 Å². The maximum atomic E-state index is 3.49. The Morgan fingerprint density at radius 2 is 1.30 bits per heavy atom. The lowest BCUT2D eigenvalue weighted by molar-refractivity contribution is 0.211. The summed E-state index contributed by atoms with van der Waals surface area (Å²) in [6, 6.07) is 1.35. The fraction of sp³-hybridized carbons (Fsp3) is 1.00. The molecule has 0 saturated heterocycles. The third-order valence-electron chi connectivity index (χ3n) is 4.41. The molecule has 1 N–H and O–H groups in total. The quantitative estimate of drug-likeness (QED) is 0.566. The Labute approximate surface area is 128 Å². The van der Waals surface area contributed by atoms with Crippen LogP contribution in [0, 0.1) is 11.8 Å². The SMILES string of the molecule is CN[C@@H](CCCC(C)C)CN(C)[C@H](C)CCCC(C)C. The number of nitrogens with zero attached hydrogens (tertiary/aromatic N) is 1. The molecule has 2 atom stereocenters. The first-order valence-corrected chi connectivity index (χ1v) is 8.74. The van der Waals surface area contributed by atoms with E-state index in [0.717, 1.165) is 11.8 Å². The first kappa shape index (κ1) is 19.9. The van der Waals surface area contributed by atoms with E-state index in [-0.39, 0.29) is 0 Å². The van der Waals surface area contributed by atoms with Gasteiger partial charge >= 0.3 is 0 Å². The second-order valence-electron chi connectivity index (χ2n) is 7.42. The summed E-state index contributed by atoms with van der Waals surface area (Å²) in [5, 5.41) is 3.49. The van der Waals surface area contributed by atoms with Gasteiger partial charge in [0, 0.05) is 18.6 Å². The molecule has 0 fully saturated rings. The summed E-state index contributed by atoms with van der Waals surface area (Å²) in [6.07, 6.45) is 8.06. The lowest BCUT2D eigenvalue weighted by Gasteiger charge is -2.29. The molecule has 0 spiro atoms. The minimum atomic E-state index is 0.645. The standard InChI is InChI=1S/C18H40N2/c1-15(2)10-8-12-17(5)20(7)14-18(19-6)13-9-11-16(3)4/h15-19H,8-14H2,1-7H3/t17-,18+/m1/s1. The topological polar surface area (TPSA) is 15.3 Å². The summed E-state index contributed by atoms with van der Waals surface area (Å²) in [7, 11) is 4.39. The lowest BCUT2D eigenvalue weighted by atomic mass is 10.0. The molecular formula is C18H40N2. The van der Waals surface area contributed by atoms with Crippen molar-refractivity contribution in [2.75, 3.05) is 20.6 Å². The van der Waals surface area contributed by atoms with Crippen LogP contribution in [-0.4, -0.2) is 37.6 Å². The fourth-order valence-corrected chi connectivity index (χ4v) is 2.67. The summed E-state index contributed by atoms with van der Waals surface area (Å²) in [5.74, 6) is 1.67. The lowest BCUT2D eigenvalue weighted by Crippen LogP contribution is -2.41. The molecule has 0 heterocycles. The summed E-state index contributed by atoms with van der Waals surface area (Å²) in [4.78, 5) is 2.54. The minimum absolute atomic E-state index is 0.645. The second-order valence-corrected chi connectivity index (χ2v) is 7.42. The Bertz CT molecular complexity index is 213. The number of rotatable bonds is 12. The van der Waals surface area contributed by atoms with Gasteiger partial charge in [-0.25, -0.2) is 0 Å².